The highest BCUT2D eigenvalue weighted by molar-refractivity contribution is 5.73. The van der Waals surface area contributed by atoms with E-state index in [0.29, 0.717) is 11.2 Å². The van der Waals surface area contributed by atoms with Crippen molar-refractivity contribution in [3.8, 4) is 0 Å². The molecule has 19 heavy (non-hydrogen) atoms. The molecule has 7 heteroatoms. The Morgan fingerprint density at radius 3 is 2.74 bits per heavy atom. The van der Waals surface area contributed by atoms with E-state index in [1.165, 1.54) is 6.20 Å². The van der Waals surface area contributed by atoms with Crippen LogP contribution in [0.1, 0.15) is 18.2 Å². The molecule has 7 nitrogen and oxygen atoms in total. The van der Waals surface area contributed by atoms with Gasteiger partial charge in [0.25, 0.3) is 0 Å². The van der Waals surface area contributed by atoms with Crippen LogP contribution in [0.4, 0.5) is 0 Å². The van der Waals surface area contributed by atoms with E-state index in [1.54, 1.807) is 6.07 Å². The Balaban J connectivity index is 2.16. The van der Waals surface area contributed by atoms with Crippen LogP contribution in [0, 0.1) is 0 Å². The van der Waals surface area contributed by atoms with Gasteiger partial charge in [0.05, 0.1) is 29.0 Å². The molecule has 1 aromatic heterocycles. The predicted octanol–water partition coefficient (Wildman–Crippen LogP) is 1.72. The number of fused-ring (bicyclic) bond motifs is 1. The monoisotopic (exact) mass is 259 g/mol. The zero-order chi connectivity index (χ0) is 13.7. The summed E-state index contributed by atoms with van der Waals surface area (Å²) in [6, 6.07) is 7.27. The Bertz CT molecular complexity index is 612. The molecular formula is C12H13N5O2. The van der Waals surface area contributed by atoms with Crippen LogP contribution < -0.4 is 0 Å². The Labute approximate surface area is 109 Å². The molecule has 0 fully saturated rings. The molecular weight excluding hydrogens is 246 g/mol. The molecule has 2 unspecified atom stereocenters. The van der Waals surface area contributed by atoms with Crippen molar-refractivity contribution in [1.29, 1.82) is 0 Å². The summed E-state index contributed by atoms with van der Waals surface area (Å²) in [7, 11) is 0. The minimum atomic E-state index is -1.15. The van der Waals surface area contributed by atoms with Crippen molar-refractivity contribution in [2.75, 3.05) is 6.54 Å². The molecule has 2 N–H and O–H groups in total. The van der Waals surface area contributed by atoms with Gasteiger partial charge in [-0.15, -0.1) is 0 Å². The van der Waals surface area contributed by atoms with Crippen LogP contribution in [-0.2, 0) is 0 Å². The summed E-state index contributed by atoms with van der Waals surface area (Å²) >= 11 is 0. The second-order valence-electron chi connectivity index (χ2n) is 4.04. The van der Waals surface area contributed by atoms with Crippen LogP contribution in [0.25, 0.3) is 21.5 Å². The summed E-state index contributed by atoms with van der Waals surface area (Å²) < 4.78 is 0. The SMILES string of the molecule is [N-]=[N+]=NCCC(O)C(O)c1cnc2ccccc2n1. The first-order chi connectivity index (χ1) is 9.22. The van der Waals surface area contributed by atoms with Crippen molar-refractivity contribution >= 4 is 11.0 Å². The lowest BCUT2D eigenvalue weighted by Gasteiger charge is -2.16. The highest BCUT2D eigenvalue weighted by atomic mass is 16.3. The Morgan fingerprint density at radius 2 is 2.00 bits per heavy atom. The lowest BCUT2D eigenvalue weighted by Crippen LogP contribution is -2.20. The van der Waals surface area contributed by atoms with Gasteiger partial charge in [0.1, 0.15) is 6.10 Å². The van der Waals surface area contributed by atoms with Gasteiger partial charge in [-0.2, -0.15) is 0 Å². The third-order valence-electron chi connectivity index (χ3n) is 2.72. The molecule has 1 aromatic carbocycles. The van der Waals surface area contributed by atoms with Gasteiger partial charge < -0.3 is 10.2 Å². The Kier molecular flexibility index (Phi) is 4.25. The van der Waals surface area contributed by atoms with Crippen molar-refractivity contribution in [3.05, 3.63) is 46.6 Å². The first-order valence-electron chi connectivity index (χ1n) is 5.81. The van der Waals surface area contributed by atoms with Crippen molar-refractivity contribution in [1.82, 2.24) is 9.97 Å². The summed E-state index contributed by atoms with van der Waals surface area (Å²) in [6.07, 6.45) is -0.587. The summed E-state index contributed by atoms with van der Waals surface area (Å²) in [6.45, 7) is 0.121. The van der Waals surface area contributed by atoms with Crippen LogP contribution in [0.2, 0.25) is 0 Å². The predicted molar refractivity (Wildman–Crippen MR) is 69.1 cm³/mol. The second kappa shape index (κ2) is 6.10. The van der Waals surface area contributed by atoms with E-state index in [4.69, 9.17) is 5.53 Å². The molecule has 0 spiro atoms. The van der Waals surface area contributed by atoms with E-state index in [-0.39, 0.29) is 13.0 Å². The average molecular weight is 259 g/mol. The molecule has 0 amide bonds. The van der Waals surface area contributed by atoms with E-state index < -0.39 is 12.2 Å². The molecule has 2 rings (SSSR count). The summed E-state index contributed by atoms with van der Waals surface area (Å²) in [4.78, 5) is 11.0. The van der Waals surface area contributed by atoms with E-state index in [1.807, 2.05) is 18.2 Å². The molecule has 1 heterocycles. The third kappa shape index (κ3) is 3.17. The average Bonchev–Trinajstić information content (AvgIpc) is 2.46. The van der Waals surface area contributed by atoms with Crippen LogP contribution in [0.15, 0.2) is 35.6 Å². The first-order valence-corrected chi connectivity index (χ1v) is 5.81. The first kappa shape index (κ1) is 13.2. The number of hydrogen-bond acceptors (Lipinski definition) is 5. The van der Waals surface area contributed by atoms with Crippen LogP contribution in [0.5, 0.6) is 0 Å². The normalized spacial score (nSPS) is 13.8. The van der Waals surface area contributed by atoms with E-state index in [0.717, 1.165) is 5.52 Å². The minimum absolute atomic E-state index is 0.121. The van der Waals surface area contributed by atoms with E-state index in [9.17, 15) is 10.2 Å². The smallest absolute Gasteiger partial charge is 0.123 e. The van der Waals surface area contributed by atoms with Gasteiger partial charge in [-0.05, 0) is 24.1 Å². The summed E-state index contributed by atoms with van der Waals surface area (Å²) in [5, 5.41) is 23.0. The third-order valence-corrected chi connectivity index (χ3v) is 2.72. The number of aliphatic hydroxyl groups is 2. The number of benzene rings is 1. The number of hydrogen-bond donors (Lipinski definition) is 2. The van der Waals surface area contributed by atoms with Crippen molar-refractivity contribution in [2.24, 2.45) is 5.11 Å². The summed E-state index contributed by atoms with van der Waals surface area (Å²) in [5.74, 6) is 0. The molecule has 0 bridgehead atoms. The number of azide groups is 1. The van der Waals surface area contributed by atoms with Crippen molar-refractivity contribution in [2.45, 2.75) is 18.6 Å². The molecule has 0 aliphatic carbocycles. The minimum Gasteiger partial charge on any atom is -0.390 e. The lowest BCUT2D eigenvalue weighted by molar-refractivity contribution is 0.0125. The maximum absolute atomic E-state index is 9.96. The maximum Gasteiger partial charge on any atom is 0.123 e. The number of aromatic nitrogens is 2. The van der Waals surface area contributed by atoms with Crippen LogP contribution in [-0.4, -0.2) is 32.8 Å². The van der Waals surface area contributed by atoms with Crippen LogP contribution >= 0.6 is 0 Å². The second-order valence-corrected chi connectivity index (χ2v) is 4.04. The van der Waals surface area contributed by atoms with E-state index >= 15 is 0 Å². The molecule has 98 valence electrons. The van der Waals surface area contributed by atoms with Gasteiger partial charge in [-0.3, -0.25) is 4.98 Å². The summed E-state index contributed by atoms with van der Waals surface area (Å²) in [5.41, 5.74) is 9.82. The van der Waals surface area contributed by atoms with Gasteiger partial charge in [-0.1, -0.05) is 17.2 Å². The zero-order valence-corrected chi connectivity index (χ0v) is 10.1. The van der Waals surface area contributed by atoms with Crippen molar-refractivity contribution in [3.63, 3.8) is 0 Å². The lowest BCUT2D eigenvalue weighted by atomic mass is 10.1. The van der Waals surface area contributed by atoms with Crippen molar-refractivity contribution < 1.29 is 10.2 Å². The van der Waals surface area contributed by atoms with Gasteiger partial charge >= 0.3 is 0 Å². The Morgan fingerprint density at radius 1 is 1.26 bits per heavy atom. The zero-order valence-electron chi connectivity index (χ0n) is 10.1. The Hall–Kier alpha value is -2.21. The van der Waals surface area contributed by atoms with Gasteiger partial charge in [0, 0.05) is 11.5 Å². The van der Waals surface area contributed by atoms with Gasteiger partial charge in [0.15, 0.2) is 0 Å². The highest BCUT2D eigenvalue weighted by Crippen LogP contribution is 2.18. The van der Waals surface area contributed by atoms with Crippen LogP contribution in [0.3, 0.4) is 0 Å². The molecule has 2 atom stereocenters. The quantitative estimate of drug-likeness (QED) is 0.483. The topological polar surface area (TPSA) is 115 Å². The molecule has 2 aromatic rings. The van der Waals surface area contributed by atoms with Gasteiger partial charge in [0.2, 0.25) is 0 Å². The molecule has 0 radical (unpaired) electrons. The molecule has 0 aliphatic rings. The standard InChI is InChI=1S/C12H13N5O2/c13-17-15-6-5-11(18)12(19)10-7-14-8-3-1-2-4-9(8)16-10/h1-4,7,11-12,18-19H,5-6H2. The number of para-hydroxylation sites is 2. The number of rotatable bonds is 5. The molecule has 0 saturated carbocycles. The fourth-order valence-corrected chi connectivity index (χ4v) is 1.70. The number of aliphatic hydroxyl groups excluding tert-OH is 2. The van der Waals surface area contributed by atoms with E-state index in [2.05, 4.69) is 20.0 Å². The number of nitrogens with zero attached hydrogens (tertiary/aromatic N) is 5. The molecule has 0 aliphatic heterocycles. The largest absolute Gasteiger partial charge is 0.390 e. The van der Waals surface area contributed by atoms with Gasteiger partial charge in [-0.25, -0.2) is 4.98 Å². The highest BCUT2D eigenvalue weighted by Gasteiger charge is 2.19. The molecule has 0 saturated heterocycles. The maximum atomic E-state index is 9.96. The fraction of sp³-hybridized carbons (Fsp3) is 0.333. The fourth-order valence-electron chi connectivity index (χ4n) is 1.70.